The van der Waals surface area contributed by atoms with Crippen LogP contribution in [-0.2, 0) is 21.2 Å². The molecule has 1 atom stereocenters. The summed E-state index contributed by atoms with van der Waals surface area (Å²) in [5.41, 5.74) is 1.22. The minimum atomic E-state index is -3.71. The number of carbonyl (C=O) groups is 1. The lowest BCUT2D eigenvalue weighted by Gasteiger charge is -2.19. The van der Waals surface area contributed by atoms with E-state index < -0.39 is 10.0 Å². The van der Waals surface area contributed by atoms with Crippen molar-refractivity contribution in [2.45, 2.75) is 43.5 Å². The number of halogens is 1. The first kappa shape index (κ1) is 22.6. The number of benzene rings is 2. The van der Waals surface area contributed by atoms with Crippen LogP contribution < -0.4 is 10.1 Å². The lowest BCUT2D eigenvalue weighted by atomic mass is 10.1. The number of sulfonamides is 1. The molecule has 1 aliphatic heterocycles. The number of carbonyl (C=O) groups excluding carboxylic acids is 1. The normalized spacial score (nSPS) is 15.7. The van der Waals surface area contributed by atoms with Crippen molar-refractivity contribution in [3.05, 3.63) is 59.1 Å². The summed E-state index contributed by atoms with van der Waals surface area (Å²) in [6.07, 6.45) is 3.32. The molecule has 30 heavy (non-hydrogen) atoms. The predicted molar refractivity (Wildman–Crippen MR) is 117 cm³/mol. The van der Waals surface area contributed by atoms with Crippen LogP contribution in [0, 0.1) is 0 Å². The summed E-state index contributed by atoms with van der Waals surface area (Å²) in [7, 11) is -3.71. The lowest BCUT2D eigenvalue weighted by Crippen LogP contribution is -2.36. The molecule has 0 aliphatic carbocycles. The van der Waals surface area contributed by atoms with E-state index in [9.17, 15) is 13.2 Å². The first-order valence-corrected chi connectivity index (χ1v) is 11.9. The third-order valence-electron chi connectivity index (χ3n) is 5.06. The van der Waals surface area contributed by atoms with Crippen LogP contribution in [0.1, 0.15) is 31.7 Å². The largest absolute Gasteiger partial charge is 0.482 e. The van der Waals surface area contributed by atoms with Gasteiger partial charge in [-0.25, -0.2) is 8.42 Å². The van der Waals surface area contributed by atoms with Gasteiger partial charge in [0.2, 0.25) is 10.0 Å². The molecule has 2 aromatic rings. The molecule has 0 saturated carbocycles. The van der Waals surface area contributed by atoms with E-state index in [1.54, 1.807) is 6.07 Å². The van der Waals surface area contributed by atoms with E-state index in [0.717, 1.165) is 25.7 Å². The Morgan fingerprint density at radius 2 is 1.87 bits per heavy atom. The highest BCUT2D eigenvalue weighted by molar-refractivity contribution is 7.89. The van der Waals surface area contributed by atoms with Crippen LogP contribution >= 0.6 is 11.6 Å². The number of aryl methyl sites for hydroxylation is 1. The minimum Gasteiger partial charge on any atom is -0.482 e. The zero-order valence-electron chi connectivity index (χ0n) is 17.0. The van der Waals surface area contributed by atoms with Crippen molar-refractivity contribution >= 4 is 27.5 Å². The molecule has 1 heterocycles. The fourth-order valence-electron chi connectivity index (χ4n) is 3.43. The van der Waals surface area contributed by atoms with Crippen LogP contribution in [0.15, 0.2) is 53.4 Å². The number of rotatable bonds is 9. The van der Waals surface area contributed by atoms with Crippen LogP contribution in [0.5, 0.6) is 5.75 Å². The molecule has 1 saturated heterocycles. The molecule has 1 fully saturated rings. The van der Waals surface area contributed by atoms with Crippen molar-refractivity contribution in [3.8, 4) is 5.75 Å². The van der Waals surface area contributed by atoms with Crippen LogP contribution in [0.3, 0.4) is 0 Å². The second-order valence-electron chi connectivity index (χ2n) is 7.48. The zero-order chi connectivity index (χ0) is 21.6. The maximum Gasteiger partial charge on any atom is 0.258 e. The topological polar surface area (TPSA) is 75.7 Å². The number of nitrogens with zero attached hydrogens (tertiary/aromatic N) is 1. The van der Waals surface area contributed by atoms with Crippen LogP contribution in [0.2, 0.25) is 5.02 Å². The molecule has 8 heteroatoms. The van der Waals surface area contributed by atoms with Gasteiger partial charge in [-0.15, -0.1) is 0 Å². The van der Waals surface area contributed by atoms with Gasteiger partial charge in [-0.1, -0.05) is 41.9 Å². The van der Waals surface area contributed by atoms with Gasteiger partial charge in [-0.05, 0) is 56.4 Å². The number of amides is 1. The van der Waals surface area contributed by atoms with Crippen molar-refractivity contribution < 1.29 is 17.9 Å². The fraction of sp³-hybridized carbons (Fsp3) is 0.409. The van der Waals surface area contributed by atoms with E-state index >= 15 is 0 Å². The second kappa shape index (κ2) is 10.3. The summed E-state index contributed by atoms with van der Waals surface area (Å²) in [4.78, 5) is 12.3. The van der Waals surface area contributed by atoms with Crippen molar-refractivity contribution in [3.63, 3.8) is 0 Å². The highest BCUT2D eigenvalue weighted by Gasteiger charge is 2.30. The molecule has 1 amide bonds. The van der Waals surface area contributed by atoms with E-state index in [1.807, 2.05) is 25.1 Å². The number of hydrogen-bond donors (Lipinski definition) is 1. The number of nitrogens with one attached hydrogen (secondary N) is 1. The molecule has 0 bridgehead atoms. The maximum atomic E-state index is 12.9. The van der Waals surface area contributed by atoms with Gasteiger partial charge in [0.05, 0.1) is 0 Å². The Balaban J connectivity index is 1.58. The molecule has 0 aromatic heterocycles. The third kappa shape index (κ3) is 5.97. The van der Waals surface area contributed by atoms with Crippen molar-refractivity contribution in [2.24, 2.45) is 0 Å². The van der Waals surface area contributed by atoms with E-state index in [1.165, 1.54) is 22.0 Å². The molecule has 0 radical (unpaired) electrons. The summed E-state index contributed by atoms with van der Waals surface area (Å²) < 4.78 is 32.9. The summed E-state index contributed by atoms with van der Waals surface area (Å²) >= 11 is 6.03. The Kier molecular flexibility index (Phi) is 7.75. The molecule has 6 nitrogen and oxygen atoms in total. The molecule has 162 valence electrons. The zero-order valence-corrected chi connectivity index (χ0v) is 18.6. The minimum absolute atomic E-state index is 0.00169. The molecular weight excluding hydrogens is 424 g/mol. The first-order valence-electron chi connectivity index (χ1n) is 10.1. The average Bonchev–Trinajstić information content (AvgIpc) is 3.28. The molecule has 1 N–H and O–H groups in total. The summed E-state index contributed by atoms with van der Waals surface area (Å²) in [5, 5.41) is 3.20. The van der Waals surface area contributed by atoms with Crippen molar-refractivity contribution in [2.75, 3.05) is 19.7 Å². The summed E-state index contributed by atoms with van der Waals surface area (Å²) in [6.45, 7) is 2.63. The Bertz CT molecular complexity index is 960. The molecular formula is C22H27ClN2O4S. The quantitative estimate of drug-likeness (QED) is 0.632. The monoisotopic (exact) mass is 450 g/mol. The molecule has 0 unspecified atom stereocenters. The van der Waals surface area contributed by atoms with E-state index in [-0.39, 0.29) is 29.2 Å². The van der Waals surface area contributed by atoms with Gasteiger partial charge in [0.1, 0.15) is 10.6 Å². The Labute approximate surface area is 183 Å². The molecule has 0 spiro atoms. The lowest BCUT2D eigenvalue weighted by molar-refractivity contribution is -0.123. The third-order valence-corrected chi connectivity index (χ3v) is 7.22. The average molecular weight is 451 g/mol. The van der Waals surface area contributed by atoms with E-state index in [0.29, 0.717) is 18.1 Å². The van der Waals surface area contributed by atoms with Gasteiger partial charge in [0.15, 0.2) is 6.61 Å². The van der Waals surface area contributed by atoms with Gasteiger partial charge in [-0.2, -0.15) is 4.31 Å². The predicted octanol–water partition coefficient (Wildman–Crippen LogP) is 3.64. The van der Waals surface area contributed by atoms with Crippen LogP contribution in [0.25, 0.3) is 0 Å². The standard InChI is InChI=1S/C22H27ClN2O4S/c1-17(9-10-18-7-3-2-4-8-18)24-22(26)16-29-20-12-11-19(23)15-21(20)30(27,28)25-13-5-6-14-25/h2-4,7-8,11-12,15,17H,5-6,9-10,13-14,16H2,1H3,(H,24,26)/t17-/m1/s1. The van der Waals surface area contributed by atoms with Gasteiger partial charge in [0.25, 0.3) is 5.91 Å². The van der Waals surface area contributed by atoms with E-state index in [2.05, 4.69) is 17.4 Å². The molecule has 3 rings (SSSR count). The van der Waals surface area contributed by atoms with Crippen LogP contribution in [-0.4, -0.2) is 44.4 Å². The summed E-state index contributed by atoms with van der Waals surface area (Å²) in [6, 6.07) is 14.5. The van der Waals surface area contributed by atoms with Gasteiger partial charge in [0, 0.05) is 24.2 Å². The number of ether oxygens (including phenoxy) is 1. The van der Waals surface area contributed by atoms with Gasteiger partial charge in [-0.3, -0.25) is 4.79 Å². The van der Waals surface area contributed by atoms with E-state index in [4.69, 9.17) is 16.3 Å². The highest BCUT2D eigenvalue weighted by Crippen LogP contribution is 2.31. The van der Waals surface area contributed by atoms with Crippen LogP contribution in [0.4, 0.5) is 0 Å². The van der Waals surface area contributed by atoms with Crippen molar-refractivity contribution in [1.29, 1.82) is 0 Å². The Morgan fingerprint density at radius 3 is 2.57 bits per heavy atom. The first-order chi connectivity index (χ1) is 14.4. The molecule has 2 aromatic carbocycles. The maximum absolute atomic E-state index is 12.9. The van der Waals surface area contributed by atoms with Gasteiger partial charge >= 0.3 is 0 Å². The SMILES string of the molecule is C[C@H](CCc1ccccc1)NC(=O)COc1ccc(Cl)cc1S(=O)(=O)N1CCCC1. The van der Waals surface area contributed by atoms with Crippen molar-refractivity contribution in [1.82, 2.24) is 9.62 Å². The van der Waals surface area contributed by atoms with Gasteiger partial charge < -0.3 is 10.1 Å². The second-order valence-corrected chi connectivity index (χ2v) is 9.83. The fourth-order valence-corrected chi connectivity index (χ4v) is 5.34. The Hall–Kier alpha value is -2.09. The Morgan fingerprint density at radius 1 is 1.17 bits per heavy atom. The number of hydrogen-bond acceptors (Lipinski definition) is 4. The summed E-state index contributed by atoms with van der Waals surface area (Å²) in [5.74, 6) is -0.159. The smallest absolute Gasteiger partial charge is 0.258 e. The highest BCUT2D eigenvalue weighted by atomic mass is 35.5. The molecule has 1 aliphatic rings.